The molecule has 0 radical (unpaired) electrons. The van der Waals surface area contributed by atoms with Crippen LogP contribution >= 0.6 is 0 Å². The summed E-state index contributed by atoms with van der Waals surface area (Å²) in [6, 6.07) is 0.857. The summed E-state index contributed by atoms with van der Waals surface area (Å²) < 4.78 is 5.30. The monoisotopic (exact) mass is 268 g/mol. The van der Waals surface area contributed by atoms with Gasteiger partial charge in [-0.1, -0.05) is 26.2 Å². The van der Waals surface area contributed by atoms with Gasteiger partial charge in [-0.2, -0.15) is 0 Å². The van der Waals surface area contributed by atoms with Crippen molar-refractivity contribution < 1.29 is 4.74 Å². The fourth-order valence-corrected chi connectivity index (χ4v) is 3.55. The van der Waals surface area contributed by atoms with Gasteiger partial charge in [0.25, 0.3) is 0 Å². The van der Waals surface area contributed by atoms with E-state index in [1.165, 1.54) is 58.0 Å². The van der Waals surface area contributed by atoms with Crippen LogP contribution in [0, 0.1) is 5.41 Å². The number of hydrogen-bond donors (Lipinski definition) is 1. The third-order valence-electron chi connectivity index (χ3n) is 4.85. The molecular formula is C16H32N2O. The average molecular weight is 268 g/mol. The Balaban J connectivity index is 1.91. The standard InChI is InChI=1S/C16H32N2O/c1-3-17-13-16(9-5-4-6-10-16)14-18(11-12-19-2)15-7-8-15/h15,17H,3-14H2,1-2H3. The minimum Gasteiger partial charge on any atom is -0.383 e. The van der Waals surface area contributed by atoms with Crippen LogP contribution in [0.2, 0.25) is 0 Å². The van der Waals surface area contributed by atoms with Crippen molar-refractivity contribution in [2.24, 2.45) is 5.41 Å². The molecule has 0 saturated heterocycles. The van der Waals surface area contributed by atoms with Crippen LogP contribution in [0.1, 0.15) is 51.9 Å². The van der Waals surface area contributed by atoms with Crippen molar-refractivity contribution in [3.05, 3.63) is 0 Å². The molecule has 2 aliphatic carbocycles. The Hall–Kier alpha value is -0.120. The largest absolute Gasteiger partial charge is 0.383 e. The van der Waals surface area contributed by atoms with Crippen LogP contribution in [0.25, 0.3) is 0 Å². The summed E-state index contributed by atoms with van der Waals surface area (Å²) in [6.07, 6.45) is 9.92. The van der Waals surface area contributed by atoms with E-state index in [1.54, 1.807) is 0 Å². The molecule has 2 rings (SSSR count). The van der Waals surface area contributed by atoms with Gasteiger partial charge >= 0.3 is 0 Å². The molecule has 0 bridgehead atoms. The van der Waals surface area contributed by atoms with Crippen molar-refractivity contribution in [3.63, 3.8) is 0 Å². The first-order valence-electron chi connectivity index (χ1n) is 8.23. The first-order valence-corrected chi connectivity index (χ1v) is 8.23. The van der Waals surface area contributed by atoms with Gasteiger partial charge in [-0.05, 0) is 37.6 Å². The van der Waals surface area contributed by atoms with Gasteiger partial charge in [-0.25, -0.2) is 0 Å². The number of methoxy groups -OCH3 is 1. The van der Waals surface area contributed by atoms with Crippen LogP contribution in [0.5, 0.6) is 0 Å². The lowest BCUT2D eigenvalue weighted by Crippen LogP contribution is -2.47. The van der Waals surface area contributed by atoms with E-state index in [9.17, 15) is 0 Å². The van der Waals surface area contributed by atoms with E-state index in [1.807, 2.05) is 7.11 Å². The van der Waals surface area contributed by atoms with Gasteiger partial charge in [-0.15, -0.1) is 0 Å². The van der Waals surface area contributed by atoms with Gasteiger partial charge in [0, 0.05) is 32.8 Å². The van der Waals surface area contributed by atoms with Crippen molar-refractivity contribution in [2.45, 2.75) is 57.9 Å². The zero-order valence-electron chi connectivity index (χ0n) is 12.9. The minimum atomic E-state index is 0.532. The Kier molecular flexibility index (Phi) is 6.11. The molecule has 2 aliphatic rings. The average Bonchev–Trinajstić information content (AvgIpc) is 3.27. The number of ether oxygens (including phenoxy) is 1. The van der Waals surface area contributed by atoms with Crippen LogP contribution in [0.15, 0.2) is 0 Å². The maximum Gasteiger partial charge on any atom is 0.0589 e. The lowest BCUT2D eigenvalue weighted by Gasteiger charge is -2.41. The molecule has 0 atom stereocenters. The first kappa shape index (κ1) is 15.3. The molecule has 19 heavy (non-hydrogen) atoms. The Bertz CT molecular complexity index is 247. The Labute approximate surface area is 119 Å². The van der Waals surface area contributed by atoms with Crippen molar-refractivity contribution in [1.29, 1.82) is 0 Å². The van der Waals surface area contributed by atoms with Crippen LogP contribution in [0.3, 0.4) is 0 Å². The van der Waals surface area contributed by atoms with E-state index < -0.39 is 0 Å². The molecule has 2 saturated carbocycles. The molecule has 0 aliphatic heterocycles. The van der Waals surface area contributed by atoms with Crippen molar-refractivity contribution in [1.82, 2.24) is 10.2 Å². The molecule has 3 heteroatoms. The van der Waals surface area contributed by atoms with Gasteiger partial charge in [0.15, 0.2) is 0 Å². The summed E-state index contributed by atoms with van der Waals surface area (Å²) in [5.74, 6) is 0. The highest BCUT2D eigenvalue weighted by Gasteiger charge is 2.38. The molecule has 0 aromatic heterocycles. The summed E-state index contributed by atoms with van der Waals surface area (Å²) in [4.78, 5) is 2.71. The molecule has 3 nitrogen and oxygen atoms in total. The normalized spacial score (nSPS) is 22.9. The summed E-state index contributed by atoms with van der Waals surface area (Å²) >= 11 is 0. The topological polar surface area (TPSA) is 24.5 Å². The second-order valence-corrected chi connectivity index (χ2v) is 6.54. The molecule has 112 valence electrons. The number of hydrogen-bond acceptors (Lipinski definition) is 3. The second kappa shape index (κ2) is 7.61. The second-order valence-electron chi connectivity index (χ2n) is 6.54. The van der Waals surface area contributed by atoms with Crippen LogP contribution in [-0.2, 0) is 4.74 Å². The lowest BCUT2D eigenvalue weighted by atomic mass is 9.73. The van der Waals surface area contributed by atoms with Crippen molar-refractivity contribution in [2.75, 3.05) is 39.9 Å². The molecule has 0 aromatic carbocycles. The Morgan fingerprint density at radius 2 is 1.95 bits per heavy atom. The number of nitrogens with zero attached hydrogens (tertiary/aromatic N) is 1. The number of nitrogens with one attached hydrogen (secondary N) is 1. The fourth-order valence-electron chi connectivity index (χ4n) is 3.55. The minimum absolute atomic E-state index is 0.532. The zero-order chi connectivity index (χ0) is 13.6. The third-order valence-corrected chi connectivity index (χ3v) is 4.85. The summed E-state index contributed by atoms with van der Waals surface area (Å²) in [7, 11) is 1.82. The zero-order valence-corrected chi connectivity index (χ0v) is 12.9. The SMILES string of the molecule is CCNCC1(CN(CCOC)C2CC2)CCCCC1. The highest BCUT2D eigenvalue weighted by atomic mass is 16.5. The molecule has 0 spiro atoms. The van der Waals surface area contributed by atoms with E-state index in [4.69, 9.17) is 4.74 Å². The molecule has 2 fully saturated rings. The quantitative estimate of drug-likeness (QED) is 0.696. The Morgan fingerprint density at radius 1 is 1.21 bits per heavy atom. The molecule has 0 unspecified atom stereocenters. The molecule has 1 N–H and O–H groups in total. The Morgan fingerprint density at radius 3 is 2.53 bits per heavy atom. The first-order chi connectivity index (χ1) is 9.29. The van der Waals surface area contributed by atoms with E-state index in [0.717, 1.165) is 25.7 Å². The molecule has 0 heterocycles. The summed E-state index contributed by atoms with van der Waals surface area (Å²) in [5.41, 5.74) is 0.532. The van der Waals surface area contributed by atoms with Crippen LogP contribution in [-0.4, -0.2) is 50.8 Å². The fraction of sp³-hybridized carbons (Fsp3) is 1.00. The van der Waals surface area contributed by atoms with E-state index in [2.05, 4.69) is 17.1 Å². The van der Waals surface area contributed by atoms with Gasteiger partial charge in [-0.3, -0.25) is 4.90 Å². The summed E-state index contributed by atoms with van der Waals surface area (Å²) in [5, 5.41) is 3.62. The van der Waals surface area contributed by atoms with E-state index in [0.29, 0.717) is 5.41 Å². The molecule has 0 aromatic rings. The lowest BCUT2D eigenvalue weighted by molar-refractivity contribution is 0.0745. The highest BCUT2D eigenvalue weighted by molar-refractivity contribution is 4.93. The van der Waals surface area contributed by atoms with Crippen molar-refractivity contribution in [3.8, 4) is 0 Å². The predicted molar refractivity (Wildman–Crippen MR) is 80.5 cm³/mol. The number of rotatable bonds is 9. The van der Waals surface area contributed by atoms with E-state index >= 15 is 0 Å². The van der Waals surface area contributed by atoms with Gasteiger partial charge in [0.05, 0.1) is 6.61 Å². The van der Waals surface area contributed by atoms with E-state index in [-0.39, 0.29) is 0 Å². The van der Waals surface area contributed by atoms with Gasteiger partial charge in [0.1, 0.15) is 0 Å². The van der Waals surface area contributed by atoms with Gasteiger partial charge in [0.2, 0.25) is 0 Å². The van der Waals surface area contributed by atoms with Crippen molar-refractivity contribution >= 4 is 0 Å². The smallest absolute Gasteiger partial charge is 0.0589 e. The predicted octanol–water partition coefficient (Wildman–Crippen LogP) is 2.66. The highest BCUT2D eigenvalue weighted by Crippen LogP contribution is 2.39. The third kappa shape index (κ3) is 4.73. The van der Waals surface area contributed by atoms with Crippen LogP contribution in [0.4, 0.5) is 0 Å². The maximum atomic E-state index is 5.30. The van der Waals surface area contributed by atoms with Crippen LogP contribution < -0.4 is 5.32 Å². The maximum absolute atomic E-state index is 5.30. The summed E-state index contributed by atoms with van der Waals surface area (Å²) in [6.45, 7) is 7.82. The molecule has 0 amide bonds. The molecular weight excluding hydrogens is 236 g/mol. The van der Waals surface area contributed by atoms with Gasteiger partial charge < -0.3 is 10.1 Å².